The van der Waals surface area contributed by atoms with Gasteiger partial charge in [0.05, 0.1) is 6.10 Å². The maximum atomic E-state index is 11.2. The average Bonchev–Trinajstić information content (AvgIpc) is 2.90. The maximum Gasteiger partial charge on any atom is 0.303 e. The predicted octanol–water partition coefficient (Wildman–Crippen LogP) is 5.26. The van der Waals surface area contributed by atoms with Crippen LogP contribution in [0.15, 0.2) is 0 Å². The lowest BCUT2D eigenvalue weighted by Crippen LogP contribution is -2.60. The summed E-state index contributed by atoms with van der Waals surface area (Å²) in [7, 11) is 0. The summed E-state index contributed by atoms with van der Waals surface area (Å²) in [5, 5.41) is 39.9. The number of unbranched alkanes of at least 4 members (excludes halogenated alkanes) is 14. The Hall–Kier alpha value is -1.26. The number of carbonyl (C=O) groups excluding carboxylic acids is 1. The first-order valence-electron chi connectivity index (χ1n) is 15.5. The van der Waals surface area contributed by atoms with Gasteiger partial charge in [-0.2, -0.15) is 0 Å². The molecule has 0 aromatic rings. The molecule has 6 atom stereocenters. The van der Waals surface area contributed by atoms with E-state index in [9.17, 15) is 24.9 Å². The fourth-order valence-corrected chi connectivity index (χ4v) is 5.05. The number of carboxylic acid groups (broad SMARTS) is 1. The maximum absolute atomic E-state index is 11.2. The van der Waals surface area contributed by atoms with Crippen LogP contribution in [0.2, 0.25) is 0 Å². The van der Waals surface area contributed by atoms with Gasteiger partial charge in [-0.25, -0.2) is 0 Å². The highest BCUT2D eigenvalue weighted by atomic mass is 16.7. The number of carbonyl (C=O) groups is 2. The molecule has 0 aromatic carbocycles. The fraction of sp³-hybridized carbons (Fsp3) is 0.933. The molecule has 9 nitrogen and oxygen atoms in total. The first-order chi connectivity index (χ1) is 18.8. The number of esters is 1. The Bertz CT molecular complexity index is 630. The molecule has 0 bridgehead atoms. The van der Waals surface area contributed by atoms with Crippen molar-refractivity contribution in [2.24, 2.45) is 0 Å². The Morgan fingerprint density at radius 1 is 0.718 bits per heavy atom. The van der Waals surface area contributed by atoms with Gasteiger partial charge in [-0.3, -0.25) is 9.59 Å². The van der Waals surface area contributed by atoms with E-state index in [1.54, 1.807) is 0 Å². The molecular formula is C30H56O9. The van der Waals surface area contributed by atoms with Crippen LogP contribution in [0.4, 0.5) is 0 Å². The van der Waals surface area contributed by atoms with Crippen LogP contribution in [0.5, 0.6) is 0 Å². The number of hydrogen-bond acceptors (Lipinski definition) is 8. The van der Waals surface area contributed by atoms with Gasteiger partial charge in [0.15, 0.2) is 6.29 Å². The van der Waals surface area contributed by atoms with Crippen LogP contribution in [0.25, 0.3) is 0 Å². The summed E-state index contributed by atoms with van der Waals surface area (Å²) in [6, 6.07) is 0. The summed E-state index contributed by atoms with van der Waals surface area (Å²) in [4.78, 5) is 22.0. The van der Waals surface area contributed by atoms with Gasteiger partial charge in [0, 0.05) is 13.3 Å². The van der Waals surface area contributed by atoms with Crippen LogP contribution in [0.3, 0.4) is 0 Å². The SMILES string of the molecule is CCCCCCCCCCCCCCCCC(CCCCC(=O)O)OC1OC(COC(C)=O)C(O)C(O)C1O. The molecule has 9 heteroatoms. The van der Waals surface area contributed by atoms with E-state index in [0.29, 0.717) is 19.3 Å². The molecule has 1 fully saturated rings. The van der Waals surface area contributed by atoms with Crippen LogP contribution >= 0.6 is 0 Å². The highest BCUT2D eigenvalue weighted by Crippen LogP contribution is 2.26. The molecule has 1 saturated heterocycles. The molecule has 1 aliphatic rings. The zero-order valence-corrected chi connectivity index (χ0v) is 24.4. The molecular weight excluding hydrogens is 504 g/mol. The zero-order valence-electron chi connectivity index (χ0n) is 24.4. The Morgan fingerprint density at radius 2 is 1.21 bits per heavy atom. The second-order valence-corrected chi connectivity index (χ2v) is 11.1. The molecule has 1 rings (SSSR count). The van der Waals surface area contributed by atoms with E-state index in [1.165, 1.54) is 77.6 Å². The highest BCUT2D eigenvalue weighted by Gasteiger charge is 2.45. The Kier molecular flexibility index (Phi) is 20.6. The van der Waals surface area contributed by atoms with E-state index < -0.39 is 42.6 Å². The van der Waals surface area contributed by atoms with Crippen molar-refractivity contribution in [3.8, 4) is 0 Å². The van der Waals surface area contributed by atoms with E-state index in [-0.39, 0.29) is 19.1 Å². The van der Waals surface area contributed by atoms with E-state index in [0.717, 1.165) is 25.7 Å². The minimum atomic E-state index is -1.50. The summed E-state index contributed by atoms with van der Waals surface area (Å²) in [5.41, 5.74) is 0. The lowest BCUT2D eigenvalue weighted by atomic mass is 9.98. The molecule has 0 amide bonds. The summed E-state index contributed by atoms with van der Waals surface area (Å²) in [5.74, 6) is -1.38. The Morgan fingerprint density at radius 3 is 1.69 bits per heavy atom. The van der Waals surface area contributed by atoms with Gasteiger partial charge in [-0.05, 0) is 19.3 Å². The number of aliphatic hydroxyl groups excluding tert-OH is 3. The minimum absolute atomic E-state index is 0.0868. The number of carboxylic acids is 1. The molecule has 0 aromatic heterocycles. The molecule has 0 aliphatic carbocycles. The summed E-state index contributed by atoms with van der Waals surface area (Å²) >= 11 is 0. The lowest BCUT2D eigenvalue weighted by Gasteiger charge is -2.41. The molecule has 39 heavy (non-hydrogen) atoms. The van der Waals surface area contributed by atoms with Gasteiger partial charge in [-0.1, -0.05) is 103 Å². The molecule has 1 heterocycles. The second kappa shape index (κ2) is 22.4. The van der Waals surface area contributed by atoms with Crippen molar-refractivity contribution in [2.45, 2.75) is 173 Å². The topological polar surface area (TPSA) is 143 Å². The number of rotatable bonds is 24. The number of aliphatic carboxylic acids is 1. The third kappa shape index (κ3) is 17.2. The second-order valence-electron chi connectivity index (χ2n) is 11.1. The van der Waals surface area contributed by atoms with Crippen molar-refractivity contribution in [2.75, 3.05) is 6.61 Å². The van der Waals surface area contributed by atoms with Gasteiger partial charge in [0.2, 0.25) is 0 Å². The van der Waals surface area contributed by atoms with E-state index >= 15 is 0 Å². The average molecular weight is 561 g/mol. The van der Waals surface area contributed by atoms with E-state index in [4.69, 9.17) is 19.3 Å². The van der Waals surface area contributed by atoms with Crippen molar-refractivity contribution in [1.29, 1.82) is 0 Å². The monoisotopic (exact) mass is 560 g/mol. The Labute approximate surface area is 235 Å². The van der Waals surface area contributed by atoms with Crippen molar-refractivity contribution < 1.29 is 44.2 Å². The molecule has 230 valence electrons. The van der Waals surface area contributed by atoms with Crippen LogP contribution < -0.4 is 0 Å². The van der Waals surface area contributed by atoms with Gasteiger partial charge < -0.3 is 34.6 Å². The summed E-state index contributed by atoms with van der Waals surface area (Å²) < 4.78 is 16.6. The van der Waals surface area contributed by atoms with E-state index in [2.05, 4.69) is 6.92 Å². The number of ether oxygens (including phenoxy) is 3. The summed E-state index contributed by atoms with van der Waals surface area (Å²) in [6.45, 7) is 3.22. The molecule has 0 saturated carbocycles. The highest BCUT2D eigenvalue weighted by molar-refractivity contribution is 5.66. The molecule has 4 N–H and O–H groups in total. The first-order valence-corrected chi connectivity index (χ1v) is 15.5. The fourth-order valence-electron chi connectivity index (χ4n) is 5.05. The third-order valence-electron chi connectivity index (χ3n) is 7.49. The smallest absolute Gasteiger partial charge is 0.303 e. The van der Waals surface area contributed by atoms with Gasteiger partial charge in [-0.15, -0.1) is 0 Å². The normalized spacial score (nSPS) is 24.0. The van der Waals surface area contributed by atoms with Gasteiger partial charge >= 0.3 is 11.9 Å². The molecule has 0 radical (unpaired) electrons. The molecule has 0 spiro atoms. The standard InChI is InChI=1S/C30H56O9/c1-3-4-5-6-7-8-9-10-11-12-13-14-15-16-19-24(20-17-18-21-26(32)33)38-30-29(36)28(35)27(34)25(39-30)22-37-23(2)31/h24-25,27-30,34-36H,3-22H2,1-2H3,(H,32,33). The third-order valence-corrected chi connectivity index (χ3v) is 7.49. The van der Waals surface area contributed by atoms with E-state index in [1.807, 2.05) is 0 Å². The molecule has 6 unspecified atom stereocenters. The quantitative estimate of drug-likeness (QED) is 0.0918. The van der Waals surface area contributed by atoms with Crippen molar-refractivity contribution in [1.82, 2.24) is 0 Å². The van der Waals surface area contributed by atoms with Crippen LogP contribution in [-0.4, -0.2) is 75.8 Å². The minimum Gasteiger partial charge on any atom is -0.481 e. The predicted molar refractivity (Wildman–Crippen MR) is 149 cm³/mol. The largest absolute Gasteiger partial charge is 0.481 e. The van der Waals surface area contributed by atoms with Gasteiger partial charge in [0.1, 0.15) is 31.0 Å². The lowest BCUT2D eigenvalue weighted by molar-refractivity contribution is -0.312. The molecule has 1 aliphatic heterocycles. The first kappa shape index (κ1) is 35.8. The van der Waals surface area contributed by atoms with Gasteiger partial charge in [0.25, 0.3) is 0 Å². The van der Waals surface area contributed by atoms with Crippen LogP contribution in [0, 0.1) is 0 Å². The number of aliphatic hydroxyl groups is 3. The van der Waals surface area contributed by atoms with Crippen LogP contribution in [-0.2, 0) is 23.8 Å². The van der Waals surface area contributed by atoms with Crippen LogP contribution in [0.1, 0.15) is 136 Å². The zero-order chi connectivity index (χ0) is 28.9. The van der Waals surface area contributed by atoms with Crippen molar-refractivity contribution in [3.05, 3.63) is 0 Å². The van der Waals surface area contributed by atoms with Crippen molar-refractivity contribution in [3.63, 3.8) is 0 Å². The summed E-state index contributed by atoms with van der Waals surface area (Å²) in [6.07, 6.45) is 13.5. The Balaban J connectivity index is 2.38. The van der Waals surface area contributed by atoms with Crippen molar-refractivity contribution >= 4 is 11.9 Å². The number of hydrogen-bond donors (Lipinski definition) is 4.